The summed E-state index contributed by atoms with van der Waals surface area (Å²) in [5.41, 5.74) is 0.943. The van der Waals surface area contributed by atoms with Gasteiger partial charge in [-0.25, -0.2) is 4.79 Å². The van der Waals surface area contributed by atoms with Crippen molar-refractivity contribution in [1.29, 1.82) is 0 Å². The third-order valence-electron chi connectivity index (χ3n) is 3.63. The Morgan fingerprint density at radius 1 is 1.00 bits per heavy atom. The van der Waals surface area contributed by atoms with Crippen molar-refractivity contribution in [3.05, 3.63) is 75.9 Å². The number of benzene rings is 3. The van der Waals surface area contributed by atoms with Crippen LogP contribution in [0.2, 0.25) is 0 Å². The fourth-order valence-electron chi connectivity index (χ4n) is 2.47. The summed E-state index contributed by atoms with van der Waals surface area (Å²) in [5.74, 6) is -0.363. The topological polar surface area (TPSA) is 46.5 Å². The van der Waals surface area contributed by atoms with E-state index in [4.69, 9.17) is 4.74 Å². The molecule has 0 amide bonds. The van der Waals surface area contributed by atoms with E-state index in [9.17, 15) is 9.90 Å². The van der Waals surface area contributed by atoms with Crippen LogP contribution in [0.3, 0.4) is 0 Å². The minimum atomic E-state index is -0.962. The number of ether oxygens (including phenoxy) is 1. The van der Waals surface area contributed by atoms with E-state index in [2.05, 4.69) is 22.6 Å². The normalized spacial score (nSPS) is 12.0. The maximum Gasteiger partial charge on any atom is 0.345 e. The van der Waals surface area contributed by atoms with Gasteiger partial charge < -0.3 is 9.84 Å². The molecule has 3 aromatic carbocycles. The number of carboxylic acid groups (broad SMARTS) is 1. The zero-order valence-corrected chi connectivity index (χ0v) is 14.4. The molecule has 0 radical (unpaired) electrons. The highest BCUT2D eigenvalue weighted by molar-refractivity contribution is 14.1. The lowest BCUT2D eigenvalue weighted by atomic mass is 10.1. The molecule has 1 N–H and O–H groups in total. The van der Waals surface area contributed by atoms with Crippen LogP contribution in [0.1, 0.15) is 5.56 Å². The van der Waals surface area contributed by atoms with Crippen molar-refractivity contribution in [2.45, 2.75) is 12.5 Å². The van der Waals surface area contributed by atoms with Crippen LogP contribution in [0.4, 0.5) is 0 Å². The van der Waals surface area contributed by atoms with Gasteiger partial charge in [0, 0.05) is 15.4 Å². The summed E-state index contributed by atoms with van der Waals surface area (Å²) in [6.07, 6.45) is -0.587. The van der Waals surface area contributed by atoms with Crippen LogP contribution in [0.25, 0.3) is 10.8 Å². The van der Waals surface area contributed by atoms with Gasteiger partial charge in [0.1, 0.15) is 5.75 Å². The van der Waals surface area contributed by atoms with Gasteiger partial charge in [-0.05, 0) is 51.7 Å². The monoisotopic (exact) mass is 418 g/mol. The maximum absolute atomic E-state index is 11.6. The van der Waals surface area contributed by atoms with Gasteiger partial charge in [-0.3, -0.25) is 0 Å². The van der Waals surface area contributed by atoms with Gasteiger partial charge in [0.05, 0.1) is 0 Å². The zero-order chi connectivity index (χ0) is 16.2. The Kier molecular flexibility index (Phi) is 4.81. The van der Waals surface area contributed by atoms with Crippen molar-refractivity contribution in [1.82, 2.24) is 0 Å². The predicted molar refractivity (Wildman–Crippen MR) is 98.9 cm³/mol. The lowest BCUT2D eigenvalue weighted by Gasteiger charge is -2.17. The Balaban J connectivity index is 1.87. The Morgan fingerprint density at radius 3 is 2.43 bits per heavy atom. The third-order valence-corrected chi connectivity index (χ3v) is 4.35. The van der Waals surface area contributed by atoms with Gasteiger partial charge >= 0.3 is 5.97 Å². The van der Waals surface area contributed by atoms with Crippen LogP contribution in [-0.2, 0) is 11.2 Å². The minimum Gasteiger partial charge on any atom is -0.478 e. The molecule has 23 heavy (non-hydrogen) atoms. The Hall–Kier alpha value is -2.08. The van der Waals surface area contributed by atoms with Crippen molar-refractivity contribution in [2.24, 2.45) is 0 Å². The van der Waals surface area contributed by atoms with E-state index in [-0.39, 0.29) is 0 Å². The summed E-state index contributed by atoms with van der Waals surface area (Å²) < 4.78 is 6.94. The van der Waals surface area contributed by atoms with E-state index < -0.39 is 12.1 Å². The number of rotatable bonds is 5. The highest BCUT2D eigenvalue weighted by Gasteiger charge is 2.21. The standard InChI is InChI=1S/C19H15IO3/c20-15-10-8-13(9-11-15)12-18(19(21)22)23-17-7-3-5-14-4-1-2-6-16(14)17/h1-11,18H,12H2,(H,21,22)/t18-/m1/s1. The first-order valence-corrected chi connectivity index (χ1v) is 8.33. The average Bonchev–Trinajstić information content (AvgIpc) is 2.56. The van der Waals surface area contributed by atoms with Crippen LogP contribution in [0.15, 0.2) is 66.7 Å². The van der Waals surface area contributed by atoms with Crippen molar-refractivity contribution in [2.75, 3.05) is 0 Å². The van der Waals surface area contributed by atoms with Crippen molar-refractivity contribution >= 4 is 39.3 Å². The maximum atomic E-state index is 11.6. The third kappa shape index (κ3) is 3.82. The molecular weight excluding hydrogens is 403 g/mol. The molecule has 4 heteroatoms. The summed E-state index contributed by atoms with van der Waals surface area (Å²) in [6.45, 7) is 0. The highest BCUT2D eigenvalue weighted by atomic mass is 127. The summed E-state index contributed by atoms with van der Waals surface area (Å²) in [7, 11) is 0. The first kappa shape index (κ1) is 15.8. The molecule has 0 spiro atoms. The molecular formula is C19H15IO3. The van der Waals surface area contributed by atoms with Crippen molar-refractivity contribution < 1.29 is 14.6 Å². The predicted octanol–water partition coefficient (Wildman–Crippen LogP) is 4.52. The molecule has 0 saturated heterocycles. The minimum absolute atomic E-state index is 0.329. The number of fused-ring (bicyclic) bond motifs is 1. The number of hydrogen-bond acceptors (Lipinski definition) is 2. The van der Waals surface area contributed by atoms with Gasteiger partial charge in [-0.15, -0.1) is 0 Å². The quantitative estimate of drug-likeness (QED) is 0.620. The van der Waals surface area contributed by atoms with Gasteiger partial charge in [-0.1, -0.05) is 48.5 Å². The second-order valence-electron chi connectivity index (χ2n) is 5.25. The van der Waals surface area contributed by atoms with Crippen LogP contribution in [0.5, 0.6) is 5.75 Å². The number of carboxylic acids is 1. The van der Waals surface area contributed by atoms with E-state index in [0.29, 0.717) is 12.2 Å². The molecule has 0 aliphatic rings. The fourth-order valence-corrected chi connectivity index (χ4v) is 2.83. The van der Waals surface area contributed by atoms with E-state index in [1.54, 1.807) is 0 Å². The molecule has 3 aromatic rings. The molecule has 0 aliphatic carbocycles. The van der Waals surface area contributed by atoms with Crippen LogP contribution in [0, 0.1) is 3.57 Å². The molecule has 0 bridgehead atoms. The van der Waals surface area contributed by atoms with Crippen LogP contribution >= 0.6 is 22.6 Å². The molecule has 3 rings (SSSR count). The molecule has 3 nitrogen and oxygen atoms in total. The average molecular weight is 418 g/mol. The molecule has 0 aliphatic heterocycles. The molecule has 0 unspecified atom stereocenters. The van der Waals surface area contributed by atoms with E-state index in [0.717, 1.165) is 19.9 Å². The van der Waals surface area contributed by atoms with Crippen molar-refractivity contribution in [3.8, 4) is 5.75 Å². The molecule has 1 atom stereocenters. The number of aliphatic carboxylic acids is 1. The Labute approximate surface area is 148 Å². The number of hydrogen-bond donors (Lipinski definition) is 1. The van der Waals surface area contributed by atoms with Gasteiger partial charge in [0.2, 0.25) is 0 Å². The van der Waals surface area contributed by atoms with Gasteiger partial charge in [-0.2, -0.15) is 0 Å². The Morgan fingerprint density at radius 2 is 1.70 bits per heavy atom. The summed E-state index contributed by atoms with van der Waals surface area (Å²) in [5, 5.41) is 11.4. The lowest BCUT2D eigenvalue weighted by Crippen LogP contribution is -2.29. The highest BCUT2D eigenvalue weighted by Crippen LogP contribution is 2.26. The van der Waals surface area contributed by atoms with E-state index in [1.165, 1.54) is 0 Å². The summed E-state index contributed by atoms with van der Waals surface area (Å²) in [4.78, 5) is 11.6. The molecule has 0 aromatic heterocycles. The van der Waals surface area contributed by atoms with E-state index >= 15 is 0 Å². The number of carbonyl (C=O) groups is 1. The first-order valence-electron chi connectivity index (χ1n) is 7.25. The molecule has 116 valence electrons. The number of halogens is 1. The Bertz CT molecular complexity index is 822. The smallest absolute Gasteiger partial charge is 0.345 e. The van der Waals surface area contributed by atoms with E-state index in [1.807, 2.05) is 66.7 Å². The second kappa shape index (κ2) is 7.00. The SMILES string of the molecule is O=C(O)[C@@H](Cc1ccc(I)cc1)Oc1cccc2ccccc12. The molecule has 0 saturated carbocycles. The summed E-state index contributed by atoms with van der Waals surface area (Å²) >= 11 is 2.22. The van der Waals surface area contributed by atoms with Crippen LogP contribution < -0.4 is 4.74 Å². The van der Waals surface area contributed by atoms with Gasteiger partial charge in [0.15, 0.2) is 6.10 Å². The molecule has 0 fully saturated rings. The van der Waals surface area contributed by atoms with Crippen molar-refractivity contribution in [3.63, 3.8) is 0 Å². The zero-order valence-electron chi connectivity index (χ0n) is 12.3. The summed E-state index contributed by atoms with van der Waals surface area (Å²) in [6, 6.07) is 21.3. The fraction of sp³-hybridized carbons (Fsp3) is 0.105. The van der Waals surface area contributed by atoms with Crippen LogP contribution in [-0.4, -0.2) is 17.2 Å². The largest absolute Gasteiger partial charge is 0.478 e. The lowest BCUT2D eigenvalue weighted by molar-refractivity contribution is -0.144. The first-order chi connectivity index (χ1) is 11.1. The van der Waals surface area contributed by atoms with Gasteiger partial charge in [0.25, 0.3) is 0 Å². The second-order valence-corrected chi connectivity index (χ2v) is 6.50. The molecule has 0 heterocycles.